The molecular formula is C12H22N2O2. The highest BCUT2D eigenvalue weighted by Crippen LogP contribution is 2.00. The van der Waals surface area contributed by atoms with Gasteiger partial charge in [0, 0.05) is 18.8 Å². The Morgan fingerprint density at radius 1 is 1.38 bits per heavy atom. The first-order valence-electron chi connectivity index (χ1n) is 5.46. The average molecular weight is 226 g/mol. The summed E-state index contributed by atoms with van der Waals surface area (Å²) in [7, 11) is 3.78. The molecule has 0 fully saturated rings. The molecule has 4 heteroatoms. The van der Waals surface area contributed by atoms with Crippen molar-refractivity contribution in [2.45, 2.75) is 32.4 Å². The number of rotatable bonds is 8. The zero-order valence-corrected chi connectivity index (χ0v) is 10.5. The number of hydrogen-bond acceptors (Lipinski definition) is 4. The van der Waals surface area contributed by atoms with E-state index in [2.05, 4.69) is 23.6 Å². The summed E-state index contributed by atoms with van der Waals surface area (Å²) < 4.78 is 4.78. The summed E-state index contributed by atoms with van der Waals surface area (Å²) in [6.45, 7) is 4.39. The molecule has 2 N–H and O–H groups in total. The number of allylic oxidation sites excluding steroid dienone is 1. The normalized spacial score (nSPS) is 15.9. The van der Waals surface area contributed by atoms with E-state index in [1.807, 2.05) is 33.2 Å². The van der Waals surface area contributed by atoms with Crippen LogP contribution < -0.4 is 10.6 Å². The molecule has 0 heterocycles. The summed E-state index contributed by atoms with van der Waals surface area (Å²) >= 11 is 0. The fourth-order valence-electron chi connectivity index (χ4n) is 1.12. The second-order valence-electron chi connectivity index (χ2n) is 3.64. The van der Waals surface area contributed by atoms with E-state index < -0.39 is 0 Å². The number of carbonyl (C=O) groups excluding carboxylic acids is 1. The lowest BCUT2D eigenvalue weighted by molar-refractivity contribution is -0.130. The lowest BCUT2D eigenvalue weighted by Crippen LogP contribution is -2.19. The predicted molar refractivity (Wildman–Crippen MR) is 66.0 cm³/mol. The Morgan fingerprint density at radius 3 is 2.56 bits per heavy atom. The lowest BCUT2D eigenvalue weighted by Gasteiger charge is -2.08. The van der Waals surface area contributed by atoms with Gasteiger partial charge in [0.25, 0.3) is 6.47 Å². The van der Waals surface area contributed by atoms with Crippen LogP contribution >= 0.6 is 0 Å². The number of likely N-dealkylation sites (N-methyl/N-ethyl adjacent to an activating group) is 1. The van der Waals surface area contributed by atoms with Crippen molar-refractivity contribution < 1.29 is 9.53 Å². The standard InChI is InChI=1S/C12H22N2O2/c1-10(13-3)6-5-7-12(14-4)8-11(2)16-9-15/h5,7-11,13-14H,6H2,1-4H3/b7-5-,12-8+. The molecule has 0 aromatic rings. The van der Waals surface area contributed by atoms with Crippen LogP contribution in [0.25, 0.3) is 0 Å². The van der Waals surface area contributed by atoms with Gasteiger partial charge in [-0.25, -0.2) is 0 Å². The van der Waals surface area contributed by atoms with Crippen molar-refractivity contribution >= 4 is 6.47 Å². The maximum Gasteiger partial charge on any atom is 0.293 e. The predicted octanol–water partition coefficient (Wildman–Crippen LogP) is 1.21. The van der Waals surface area contributed by atoms with Crippen molar-refractivity contribution in [3.63, 3.8) is 0 Å². The molecule has 0 saturated carbocycles. The Morgan fingerprint density at radius 2 is 2.06 bits per heavy atom. The summed E-state index contributed by atoms with van der Waals surface area (Å²) in [6.07, 6.45) is 6.66. The topological polar surface area (TPSA) is 50.4 Å². The smallest absolute Gasteiger partial charge is 0.293 e. The Kier molecular flexibility index (Phi) is 8.25. The molecule has 16 heavy (non-hydrogen) atoms. The van der Waals surface area contributed by atoms with Crippen LogP contribution in [-0.4, -0.2) is 32.7 Å². The Labute approximate surface area is 97.7 Å². The molecule has 92 valence electrons. The van der Waals surface area contributed by atoms with Crippen LogP contribution in [0.3, 0.4) is 0 Å². The van der Waals surface area contributed by atoms with Gasteiger partial charge in [-0.15, -0.1) is 0 Å². The van der Waals surface area contributed by atoms with Crippen molar-refractivity contribution in [2.75, 3.05) is 14.1 Å². The number of nitrogens with one attached hydrogen (secondary N) is 2. The fourth-order valence-corrected chi connectivity index (χ4v) is 1.12. The third-order valence-electron chi connectivity index (χ3n) is 2.25. The van der Waals surface area contributed by atoms with Gasteiger partial charge in [0.2, 0.25) is 0 Å². The van der Waals surface area contributed by atoms with Crippen LogP contribution in [0.15, 0.2) is 23.9 Å². The SMILES string of the molecule is CNC(/C=C\CC(C)NC)=C/C(C)OC=O. The molecule has 0 saturated heterocycles. The lowest BCUT2D eigenvalue weighted by atomic mass is 10.2. The first-order valence-corrected chi connectivity index (χ1v) is 5.46. The summed E-state index contributed by atoms with van der Waals surface area (Å²) in [5, 5.41) is 6.20. The van der Waals surface area contributed by atoms with Crippen molar-refractivity contribution in [1.29, 1.82) is 0 Å². The number of carbonyl (C=O) groups is 1. The van der Waals surface area contributed by atoms with E-state index in [0.29, 0.717) is 12.5 Å². The molecule has 4 nitrogen and oxygen atoms in total. The van der Waals surface area contributed by atoms with Gasteiger partial charge < -0.3 is 15.4 Å². The molecule has 0 bridgehead atoms. The van der Waals surface area contributed by atoms with Crippen molar-refractivity contribution in [3.05, 3.63) is 23.9 Å². The maximum absolute atomic E-state index is 10.1. The van der Waals surface area contributed by atoms with Crippen LogP contribution in [0.1, 0.15) is 20.3 Å². The fraction of sp³-hybridized carbons (Fsp3) is 0.583. The van der Waals surface area contributed by atoms with Crippen LogP contribution in [-0.2, 0) is 9.53 Å². The van der Waals surface area contributed by atoms with Gasteiger partial charge in [0.05, 0.1) is 0 Å². The van der Waals surface area contributed by atoms with E-state index in [1.54, 1.807) is 0 Å². The second kappa shape index (κ2) is 8.97. The molecule has 2 atom stereocenters. The average Bonchev–Trinajstić information content (AvgIpc) is 2.27. The highest BCUT2D eigenvalue weighted by molar-refractivity contribution is 5.38. The molecule has 0 aliphatic rings. The summed E-state index contributed by atoms with van der Waals surface area (Å²) in [5.41, 5.74) is 0.942. The summed E-state index contributed by atoms with van der Waals surface area (Å²) in [5.74, 6) is 0. The van der Waals surface area contributed by atoms with Crippen LogP contribution in [0, 0.1) is 0 Å². The second-order valence-corrected chi connectivity index (χ2v) is 3.64. The molecule has 0 aliphatic carbocycles. The minimum atomic E-state index is -0.216. The largest absolute Gasteiger partial charge is 0.461 e. The monoisotopic (exact) mass is 226 g/mol. The van der Waals surface area contributed by atoms with E-state index in [1.165, 1.54) is 0 Å². The highest BCUT2D eigenvalue weighted by Gasteiger charge is 1.98. The quantitative estimate of drug-likeness (QED) is 0.482. The molecule has 0 rings (SSSR count). The van der Waals surface area contributed by atoms with Crippen LogP contribution in [0.5, 0.6) is 0 Å². The maximum atomic E-state index is 10.1. The van der Waals surface area contributed by atoms with E-state index in [4.69, 9.17) is 4.74 Å². The first-order chi connectivity index (χ1) is 7.63. The molecule has 0 radical (unpaired) electrons. The van der Waals surface area contributed by atoms with Gasteiger partial charge in [-0.3, -0.25) is 4.79 Å². The minimum Gasteiger partial charge on any atom is -0.461 e. The van der Waals surface area contributed by atoms with E-state index in [0.717, 1.165) is 12.1 Å². The number of ether oxygens (including phenoxy) is 1. The Balaban J connectivity index is 4.22. The Hall–Kier alpha value is -1.29. The molecule has 0 aliphatic heterocycles. The zero-order chi connectivity index (χ0) is 12.4. The van der Waals surface area contributed by atoms with Crippen molar-refractivity contribution in [2.24, 2.45) is 0 Å². The van der Waals surface area contributed by atoms with E-state index in [9.17, 15) is 4.79 Å². The highest BCUT2D eigenvalue weighted by atomic mass is 16.5. The first kappa shape index (κ1) is 14.7. The molecule has 0 spiro atoms. The van der Waals surface area contributed by atoms with Gasteiger partial charge in [-0.1, -0.05) is 6.08 Å². The van der Waals surface area contributed by atoms with Gasteiger partial charge in [0.15, 0.2) is 0 Å². The molecule has 0 aromatic carbocycles. The third-order valence-corrected chi connectivity index (χ3v) is 2.25. The van der Waals surface area contributed by atoms with Gasteiger partial charge in [-0.2, -0.15) is 0 Å². The zero-order valence-electron chi connectivity index (χ0n) is 10.5. The van der Waals surface area contributed by atoms with Crippen LogP contribution in [0.2, 0.25) is 0 Å². The van der Waals surface area contributed by atoms with Crippen molar-refractivity contribution in [1.82, 2.24) is 10.6 Å². The van der Waals surface area contributed by atoms with E-state index >= 15 is 0 Å². The van der Waals surface area contributed by atoms with Gasteiger partial charge >= 0.3 is 0 Å². The summed E-state index contributed by atoms with van der Waals surface area (Å²) in [6, 6.07) is 0.456. The minimum absolute atomic E-state index is 0.216. The van der Waals surface area contributed by atoms with E-state index in [-0.39, 0.29) is 6.10 Å². The molecule has 0 amide bonds. The van der Waals surface area contributed by atoms with Gasteiger partial charge in [0.1, 0.15) is 6.10 Å². The third kappa shape index (κ3) is 7.06. The summed E-state index contributed by atoms with van der Waals surface area (Å²) in [4.78, 5) is 10.1. The molecule has 0 aromatic heterocycles. The van der Waals surface area contributed by atoms with Crippen molar-refractivity contribution in [3.8, 4) is 0 Å². The molecule has 2 unspecified atom stereocenters. The van der Waals surface area contributed by atoms with Gasteiger partial charge in [-0.05, 0) is 39.5 Å². The number of hydrogen-bond donors (Lipinski definition) is 2. The Bertz CT molecular complexity index is 249. The van der Waals surface area contributed by atoms with Crippen LogP contribution in [0.4, 0.5) is 0 Å². The molecular weight excluding hydrogens is 204 g/mol.